The lowest BCUT2D eigenvalue weighted by Crippen LogP contribution is -2.54. The number of nitrogens with zero attached hydrogens (tertiary/aromatic N) is 2. The smallest absolute Gasteiger partial charge is 0.381 e. The fourth-order valence-corrected chi connectivity index (χ4v) is 6.27. The van der Waals surface area contributed by atoms with Crippen molar-refractivity contribution in [2.24, 2.45) is 17.3 Å². The number of ether oxygens (including phenoxy) is 1. The van der Waals surface area contributed by atoms with Gasteiger partial charge in [-0.1, -0.05) is 26.8 Å². The molecule has 35 heavy (non-hydrogen) atoms. The van der Waals surface area contributed by atoms with Crippen LogP contribution in [0.5, 0.6) is 0 Å². The molecule has 0 unspecified atom stereocenters. The molecule has 1 saturated carbocycles. The number of anilines is 1. The number of amides is 1. The topological polar surface area (TPSA) is 44.8 Å². The number of rotatable bonds is 6. The predicted octanol–water partition coefficient (Wildman–Crippen LogP) is 4.95. The third-order valence-electron chi connectivity index (χ3n) is 8.63. The van der Waals surface area contributed by atoms with E-state index in [-0.39, 0.29) is 17.2 Å². The second-order valence-electron chi connectivity index (χ2n) is 10.9. The minimum atomic E-state index is -4.35. The van der Waals surface area contributed by atoms with Crippen LogP contribution in [0.4, 0.5) is 18.9 Å². The molecule has 1 aromatic rings. The number of carbonyl (C=O) groups excluding carboxylic acids is 1. The molecule has 0 radical (unpaired) electrons. The summed E-state index contributed by atoms with van der Waals surface area (Å²) >= 11 is 0. The van der Waals surface area contributed by atoms with E-state index in [1.807, 2.05) is 9.80 Å². The first-order valence-electron chi connectivity index (χ1n) is 13.2. The molecule has 1 N–H and O–H groups in total. The summed E-state index contributed by atoms with van der Waals surface area (Å²) in [4.78, 5) is 17.8. The van der Waals surface area contributed by atoms with Crippen molar-refractivity contribution in [2.45, 2.75) is 71.1 Å². The van der Waals surface area contributed by atoms with Gasteiger partial charge in [-0.05, 0) is 62.1 Å². The Kier molecular flexibility index (Phi) is 8.01. The van der Waals surface area contributed by atoms with Gasteiger partial charge in [0.25, 0.3) is 0 Å². The lowest BCUT2D eigenvalue weighted by Gasteiger charge is -2.42. The molecule has 2 saturated heterocycles. The predicted molar refractivity (Wildman–Crippen MR) is 131 cm³/mol. The van der Waals surface area contributed by atoms with Crippen molar-refractivity contribution in [3.05, 3.63) is 29.8 Å². The van der Waals surface area contributed by atoms with E-state index >= 15 is 0 Å². The van der Waals surface area contributed by atoms with E-state index in [0.717, 1.165) is 51.4 Å². The van der Waals surface area contributed by atoms with Crippen molar-refractivity contribution in [1.29, 1.82) is 0 Å². The van der Waals surface area contributed by atoms with Crippen LogP contribution in [0.1, 0.15) is 58.4 Å². The van der Waals surface area contributed by atoms with Crippen molar-refractivity contribution in [3.8, 4) is 0 Å². The van der Waals surface area contributed by atoms with Gasteiger partial charge in [0.15, 0.2) is 0 Å². The van der Waals surface area contributed by atoms with E-state index < -0.39 is 11.7 Å². The quantitative estimate of drug-likeness (QED) is 0.606. The Hall–Kier alpha value is -1.80. The molecule has 1 aliphatic carbocycles. The van der Waals surface area contributed by atoms with Crippen LogP contribution in [-0.2, 0) is 15.7 Å². The van der Waals surface area contributed by atoms with Gasteiger partial charge in [0.05, 0.1) is 17.6 Å². The van der Waals surface area contributed by atoms with Crippen LogP contribution < -0.4 is 10.2 Å². The van der Waals surface area contributed by atoms with Gasteiger partial charge in [0, 0.05) is 50.6 Å². The minimum Gasteiger partial charge on any atom is -0.381 e. The van der Waals surface area contributed by atoms with Crippen LogP contribution >= 0.6 is 0 Å². The molecule has 196 valence electrons. The standard InChI is InChI=1S/C27H40F3N3O2/c1-4-20-18-35-15-9-24(20)31-22-8-10-26(17-22,19(2)3)25(34)33-13-11-32(12-14-33)23-7-5-6-21(16-23)27(28,29)30/h5-7,16,19-20,22,24,31H,4,8-15,17-18H2,1-3H3/t20-,22-,24-,26+/m1/s1. The molecule has 8 heteroatoms. The van der Waals surface area contributed by atoms with Crippen LogP contribution in [0.3, 0.4) is 0 Å². The Morgan fingerprint density at radius 3 is 2.60 bits per heavy atom. The second-order valence-corrected chi connectivity index (χ2v) is 10.9. The maximum Gasteiger partial charge on any atom is 0.416 e. The number of nitrogens with one attached hydrogen (secondary N) is 1. The average molecular weight is 496 g/mol. The first-order valence-corrected chi connectivity index (χ1v) is 13.2. The van der Waals surface area contributed by atoms with E-state index in [0.29, 0.717) is 49.9 Å². The summed E-state index contributed by atoms with van der Waals surface area (Å²) in [6.45, 7) is 10.3. The summed E-state index contributed by atoms with van der Waals surface area (Å²) < 4.78 is 45.1. The molecule has 4 rings (SSSR count). The first kappa shape index (κ1) is 26.3. The lowest BCUT2D eigenvalue weighted by molar-refractivity contribution is -0.145. The molecule has 1 amide bonds. The molecule has 3 aliphatic rings. The number of hydrogen-bond acceptors (Lipinski definition) is 4. The molecular weight excluding hydrogens is 455 g/mol. The fourth-order valence-electron chi connectivity index (χ4n) is 6.27. The van der Waals surface area contributed by atoms with E-state index in [1.165, 1.54) is 12.1 Å². The van der Waals surface area contributed by atoms with Gasteiger partial charge in [0.2, 0.25) is 5.91 Å². The summed E-state index contributed by atoms with van der Waals surface area (Å²) in [6.07, 6.45) is 0.498. The SMILES string of the molecule is CC[C@@H]1COCC[C@H]1N[C@@H]1CC[C@@](C(=O)N2CCN(c3cccc(C(F)(F)F)c3)CC2)(C(C)C)C1. The molecule has 0 aromatic heterocycles. The molecular formula is C27H40F3N3O2. The highest BCUT2D eigenvalue weighted by atomic mass is 19.4. The lowest BCUT2D eigenvalue weighted by atomic mass is 9.74. The molecule has 0 spiro atoms. The number of carbonyl (C=O) groups is 1. The zero-order valence-electron chi connectivity index (χ0n) is 21.2. The summed E-state index contributed by atoms with van der Waals surface area (Å²) in [5.74, 6) is 0.983. The number of alkyl halides is 3. The molecule has 0 bridgehead atoms. The van der Waals surface area contributed by atoms with Gasteiger partial charge >= 0.3 is 6.18 Å². The van der Waals surface area contributed by atoms with Gasteiger partial charge in [-0.15, -0.1) is 0 Å². The summed E-state index contributed by atoms with van der Waals surface area (Å²) in [7, 11) is 0. The van der Waals surface area contributed by atoms with Gasteiger partial charge in [-0.25, -0.2) is 0 Å². The van der Waals surface area contributed by atoms with Crippen molar-refractivity contribution in [3.63, 3.8) is 0 Å². The molecule has 1 aromatic carbocycles. The highest BCUT2D eigenvalue weighted by molar-refractivity contribution is 5.84. The number of benzene rings is 1. The molecule has 5 nitrogen and oxygen atoms in total. The van der Waals surface area contributed by atoms with Gasteiger partial charge in [-0.2, -0.15) is 13.2 Å². The maximum atomic E-state index is 13.9. The second kappa shape index (κ2) is 10.7. The monoisotopic (exact) mass is 495 g/mol. The minimum absolute atomic E-state index is 0.222. The highest BCUT2D eigenvalue weighted by Crippen LogP contribution is 2.46. The summed E-state index contributed by atoms with van der Waals surface area (Å²) in [5, 5.41) is 3.88. The van der Waals surface area contributed by atoms with E-state index in [2.05, 4.69) is 26.1 Å². The molecule has 3 fully saturated rings. The highest BCUT2D eigenvalue weighted by Gasteiger charge is 2.50. The molecule has 2 heterocycles. The van der Waals surface area contributed by atoms with Gasteiger partial charge in [-0.3, -0.25) is 4.79 Å². The Morgan fingerprint density at radius 1 is 1.20 bits per heavy atom. The van der Waals surface area contributed by atoms with Crippen molar-refractivity contribution in [1.82, 2.24) is 10.2 Å². The third-order valence-corrected chi connectivity index (χ3v) is 8.63. The van der Waals surface area contributed by atoms with E-state index in [1.54, 1.807) is 6.07 Å². The number of halogens is 3. The Bertz CT molecular complexity index is 869. The van der Waals surface area contributed by atoms with Crippen LogP contribution in [0.25, 0.3) is 0 Å². The average Bonchev–Trinajstić information content (AvgIpc) is 3.29. The fraction of sp³-hybridized carbons (Fsp3) is 0.741. The Morgan fingerprint density at radius 2 is 1.94 bits per heavy atom. The molecule has 4 atom stereocenters. The zero-order chi connectivity index (χ0) is 25.2. The van der Waals surface area contributed by atoms with Crippen LogP contribution in [0, 0.1) is 17.3 Å². The van der Waals surface area contributed by atoms with Crippen LogP contribution in [0.2, 0.25) is 0 Å². The van der Waals surface area contributed by atoms with Crippen LogP contribution in [0.15, 0.2) is 24.3 Å². The number of hydrogen-bond donors (Lipinski definition) is 1. The normalized spacial score (nSPS) is 30.2. The van der Waals surface area contributed by atoms with Gasteiger partial charge in [0.1, 0.15) is 0 Å². The summed E-state index contributed by atoms with van der Waals surface area (Å²) in [5.41, 5.74) is -0.438. The number of piperazine rings is 1. The Balaban J connectivity index is 1.38. The van der Waals surface area contributed by atoms with E-state index in [4.69, 9.17) is 4.74 Å². The van der Waals surface area contributed by atoms with Crippen LogP contribution in [-0.4, -0.2) is 62.3 Å². The maximum absolute atomic E-state index is 13.9. The first-order chi connectivity index (χ1) is 16.6. The van der Waals surface area contributed by atoms with Gasteiger partial charge < -0.3 is 19.9 Å². The van der Waals surface area contributed by atoms with Crippen molar-refractivity contribution in [2.75, 3.05) is 44.3 Å². The van der Waals surface area contributed by atoms with Crippen molar-refractivity contribution < 1.29 is 22.7 Å². The Labute approximate surface area is 207 Å². The van der Waals surface area contributed by atoms with E-state index in [9.17, 15) is 18.0 Å². The molecule has 2 aliphatic heterocycles. The zero-order valence-corrected chi connectivity index (χ0v) is 21.2. The van der Waals surface area contributed by atoms with Crippen molar-refractivity contribution >= 4 is 11.6 Å². The third kappa shape index (κ3) is 5.63. The summed E-state index contributed by atoms with van der Waals surface area (Å²) in [6, 6.07) is 6.27. The largest absolute Gasteiger partial charge is 0.416 e.